The number of ether oxygens (including phenoxy) is 1. The number of aryl methyl sites for hydroxylation is 1. The van der Waals surface area contributed by atoms with Crippen LogP contribution in [0.4, 0.5) is 0 Å². The zero-order valence-corrected chi connectivity index (χ0v) is 13.1. The van der Waals surface area contributed by atoms with E-state index in [1.54, 1.807) is 27.6 Å². The van der Waals surface area contributed by atoms with Crippen LogP contribution in [0.2, 0.25) is 0 Å². The fourth-order valence-corrected chi connectivity index (χ4v) is 2.46. The highest BCUT2D eigenvalue weighted by atomic mass is 16.5. The Hall–Kier alpha value is -2.82. The summed E-state index contributed by atoms with van der Waals surface area (Å²) in [6.07, 6.45) is 6.13. The highest BCUT2D eigenvalue weighted by Crippen LogP contribution is 2.21. The first-order chi connectivity index (χ1) is 11.2. The molecule has 0 aliphatic rings. The molecule has 0 fully saturated rings. The molecule has 118 valence electrons. The second kappa shape index (κ2) is 6.52. The molecule has 2 heterocycles. The van der Waals surface area contributed by atoms with Crippen LogP contribution in [-0.2, 0) is 6.54 Å². The van der Waals surface area contributed by atoms with Crippen molar-refractivity contribution >= 4 is 5.52 Å². The van der Waals surface area contributed by atoms with Gasteiger partial charge in [0.25, 0.3) is 5.56 Å². The summed E-state index contributed by atoms with van der Waals surface area (Å²) in [6.45, 7) is 6.90. The van der Waals surface area contributed by atoms with E-state index in [1.165, 1.54) is 0 Å². The van der Waals surface area contributed by atoms with E-state index in [0.29, 0.717) is 18.7 Å². The number of nitrogens with zero attached hydrogens (tertiary/aromatic N) is 3. The first-order valence-corrected chi connectivity index (χ1v) is 7.66. The van der Waals surface area contributed by atoms with Gasteiger partial charge in [0.15, 0.2) is 0 Å². The summed E-state index contributed by atoms with van der Waals surface area (Å²) in [4.78, 5) is 12.5. The van der Waals surface area contributed by atoms with E-state index >= 15 is 0 Å². The van der Waals surface area contributed by atoms with Crippen molar-refractivity contribution in [2.45, 2.75) is 19.9 Å². The van der Waals surface area contributed by atoms with Crippen LogP contribution >= 0.6 is 0 Å². The fourth-order valence-electron chi connectivity index (χ4n) is 2.46. The van der Waals surface area contributed by atoms with Gasteiger partial charge in [-0.1, -0.05) is 6.08 Å². The lowest BCUT2D eigenvalue weighted by Crippen LogP contribution is -2.21. The van der Waals surface area contributed by atoms with Gasteiger partial charge >= 0.3 is 0 Å². The predicted octanol–water partition coefficient (Wildman–Crippen LogP) is 3.14. The van der Waals surface area contributed by atoms with Crippen molar-refractivity contribution in [1.29, 1.82) is 0 Å². The van der Waals surface area contributed by atoms with Crippen LogP contribution in [-0.4, -0.2) is 20.8 Å². The average molecular weight is 309 g/mol. The lowest BCUT2D eigenvalue weighted by Gasteiger charge is -2.03. The van der Waals surface area contributed by atoms with Crippen molar-refractivity contribution in [3.05, 3.63) is 65.7 Å². The van der Waals surface area contributed by atoms with Gasteiger partial charge in [-0.2, -0.15) is 5.10 Å². The standard InChI is InChI=1S/C18H19N3O2/c1-3-5-10-20-11-12-21-17(18(20)22)13-16(19-21)14-6-8-15(9-7-14)23-4-2/h3,6-9,11-13H,1,4-5,10H2,2H3. The molecule has 5 heteroatoms. The van der Waals surface area contributed by atoms with Gasteiger partial charge < -0.3 is 9.30 Å². The normalized spacial score (nSPS) is 10.8. The smallest absolute Gasteiger partial charge is 0.276 e. The van der Waals surface area contributed by atoms with Crippen molar-refractivity contribution in [3.8, 4) is 17.0 Å². The summed E-state index contributed by atoms with van der Waals surface area (Å²) >= 11 is 0. The number of fused-ring (bicyclic) bond motifs is 1. The number of rotatable bonds is 6. The van der Waals surface area contributed by atoms with Crippen LogP contribution < -0.4 is 10.3 Å². The van der Waals surface area contributed by atoms with Gasteiger partial charge in [-0.25, -0.2) is 4.52 Å². The molecule has 0 saturated heterocycles. The molecule has 23 heavy (non-hydrogen) atoms. The second-order valence-corrected chi connectivity index (χ2v) is 5.19. The van der Waals surface area contributed by atoms with Gasteiger partial charge in [-0.15, -0.1) is 6.58 Å². The molecule has 1 aromatic carbocycles. The predicted molar refractivity (Wildman–Crippen MR) is 90.9 cm³/mol. The molecule has 0 atom stereocenters. The van der Waals surface area contributed by atoms with Gasteiger partial charge in [0.05, 0.1) is 12.3 Å². The number of benzene rings is 1. The van der Waals surface area contributed by atoms with Crippen LogP contribution in [0, 0.1) is 0 Å². The van der Waals surface area contributed by atoms with Crippen LogP contribution in [0.3, 0.4) is 0 Å². The Morgan fingerprint density at radius 3 is 2.74 bits per heavy atom. The summed E-state index contributed by atoms with van der Waals surface area (Å²) in [7, 11) is 0. The van der Waals surface area contributed by atoms with Crippen molar-refractivity contribution in [3.63, 3.8) is 0 Å². The van der Waals surface area contributed by atoms with Crippen molar-refractivity contribution in [2.75, 3.05) is 6.61 Å². The highest BCUT2D eigenvalue weighted by Gasteiger charge is 2.09. The first kappa shape index (κ1) is 15.1. The molecule has 3 aromatic rings. The Morgan fingerprint density at radius 2 is 2.04 bits per heavy atom. The van der Waals surface area contributed by atoms with Gasteiger partial charge in [0.2, 0.25) is 0 Å². The number of aromatic nitrogens is 3. The minimum absolute atomic E-state index is 0.0426. The van der Waals surface area contributed by atoms with Gasteiger partial charge in [-0.3, -0.25) is 4.79 Å². The summed E-state index contributed by atoms with van der Waals surface area (Å²) in [5.41, 5.74) is 2.25. The molecule has 3 rings (SSSR count). The summed E-state index contributed by atoms with van der Waals surface area (Å²) in [6, 6.07) is 9.53. The molecular weight excluding hydrogens is 290 g/mol. The van der Waals surface area contributed by atoms with Crippen LogP contribution in [0.1, 0.15) is 13.3 Å². The third kappa shape index (κ3) is 3.04. The number of hydrogen-bond acceptors (Lipinski definition) is 3. The molecule has 2 aromatic heterocycles. The fraction of sp³-hybridized carbons (Fsp3) is 0.222. The summed E-state index contributed by atoms with van der Waals surface area (Å²) in [5, 5.41) is 4.48. The van der Waals surface area contributed by atoms with Gasteiger partial charge in [0.1, 0.15) is 11.3 Å². The Balaban J connectivity index is 1.97. The molecule has 0 saturated carbocycles. The van der Waals surface area contributed by atoms with Crippen molar-refractivity contribution in [2.24, 2.45) is 0 Å². The van der Waals surface area contributed by atoms with Crippen molar-refractivity contribution < 1.29 is 4.74 Å². The molecule has 0 aliphatic heterocycles. The van der Waals surface area contributed by atoms with E-state index in [9.17, 15) is 4.79 Å². The molecule has 0 bridgehead atoms. The SMILES string of the molecule is C=CCCn1ccn2nc(-c3ccc(OCC)cc3)cc2c1=O. The summed E-state index contributed by atoms with van der Waals surface area (Å²) in [5.74, 6) is 0.826. The first-order valence-electron chi connectivity index (χ1n) is 7.66. The molecular formula is C18H19N3O2. The maximum atomic E-state index is 12.5. The molecule has 5 nitrogen and oxygen atoms in total. The maximum Gasteiger partial charge on any atom is 0.276 e. The van der Waals surface area contributed by atoms with Gasteiger partial charge in [-0.05, 0) is 43.7 Å². The van der Waals surface area contributed by atoms with Gasteiger partial charge in [0, 0.05) is 24.5 Å². The molecule has 0 spiro atoms. The van der Waals surface area contributed by atoms with E-state index in [-0.39, 0.29) is 5.56 Å². The quantitative estimate of drug-likeness (QED) is 0.657. The van der Waals surface area contributed by atoms with Crippen LogP contribution in [0.15, 0.2) is 60.2 Å². The lowest BCUT2D eigenvalue weighted by molar-refractivity contribution is 0.340. The third-order valence-electron chi connectivity index (χ3n) is 3.64. The topological polar surface area (TPSA) is 48.5 Å². The Labute approximate surface area is 134 Å². The number of hydrogen-bond donors (Lipinski definition) is 0. The largest absolute Gasteiger partial charge is 0.494 e. The molecule has 0 aliphatic carbocycles. The maximum absolute atomic E-state index is 12.5. The monoisotopic (exact) mass is 309 g/mol. The minimum Gasteiger partial charge on any atom is -0.494 e. The minimum atomic E-state index is -0.0426. The van der Waals surface area contributed by atoms with Crippen molar-refractivity contribution in [1.82, 2.24) is 14.2 Å². The zero-order valence-electron chi connectivity index (χ0n) is 13.1. The second-order valence-electron chi connectivity index (χ2n) is 5.19. The average Bonchev–Trinajstić information content (AvgIpc) is 3.00. The Morgan fingerprint density at radius 1 is 1.26 bits per heavy atom. The van der Waals surface area contributed by atoms with E-state index in [4.69, 9.17) is 4.74 Å². The molecule has 0 N–H and O–H groups in total. The van der Waals surface area contributed by atoms with E-state index in [1.807, 2.05) is 37.3 Å². The summed E-state index contributed by atoms with van der Waals surface area (Å²) < 4.78 is 8.75. The Bertz CT molecular complexity index is 875. The third-order valence-corrected chi connectivity index (χ3v) is 3.64. The molecule has 0 amide bonds. The van der Waals surface area contributed by atoms with E-state index in [0.717, 1.165) is 23.4 Å². The Kier molecular flexibility index (Phi) is 4.28. The van der Waals surface area contributed by atoms with Crippen LogP contribution in [0.5, 0.6) is 5.75 Å². The zero-order chi connectivity index (χ0) is 16.2. The number of allylic oxidation sites excluding steroid dienone is 1. The lowest BCUT2D eigenvalue weighted by atomic mass is 10.1. The molecule has 0 radical (unpaired) electrons. The molecule has 0 unspecified atom stereocenters. The van der Waals surface area contributed by atoms with E-state index < -0.39 is 0 Å². The highest BCUT2D eigenvalue weighted by molar-refractivity contribution is 5.66. The van der Waals surface area contributed by atoms with Crippen LogP contribution in [0.25, 0.3) is 16.8 Å². The van der Waals surface area contributed by atoms with E-state index in [2.05, 4.69) is 11.7 Å².